The fourth-order valence-electron chi connectivity index (χ4n) is 13.6. The summed E-state index contributed by atoms with van der Waals surface area (Å²) in [6, 6.07) is 25.1. The minimum atomic E-state index is -5.79. The van der Waals surface area contributed by atoms with Gasteiger partial charge in [-0.3, -0.25) is 46.9 Å². The second-order valence-electron chi connectivity index (χ2n) is 29.1. The number of aliphatic hydroxyl groups excluding tert-OH is 2. The number of ether oxygens (including phenoxy) is 2. The number of rotatable bonds is 36. The van der Waals surface area contributed by atoms with E-state index < -0.39 is 132 Å². The number of aromatic hydroxyl groups is 2. The first-order valence-corrected chi connectivity index (χ1v) is 48.3. The molecule has 2 fully saturated rings. The first kappa shape index (κ1) is 102. The number of phenols is 2. The standard InChI is InChI=1S/2C39H40N5O20P3/c40-36-22(19-44(39(52)43-36)34-18-29(47)32(62-34)20-60-66(56,57)64-67(58,59)63-65(53,54)55)5-4-14-41-33(48)6-2-1-3-13-42-37(49)21-7-10-25(38(50)51)28(15-21)35-26-11-8-23(45)16-30(26)61-31-17-24(46)9-12-27(31)35;40-36-22(19-44(39(52)43-36)34-18-29(47)32(62-34)20-60-66(56,57)64-67(58,59)63-65(53,54)55)5-4-14-41-33(48)6-2-1-3-13-42-37(49)21-7-10-25(28(15-21)38(50)51)35-26-11-8-23(45)16-30(26)61-31-17-24(46)9-12-27(31)35/h2*7-12,15-17,19,29,32,34,45,47H,1-3,6,13-14,18,20H2,(H,41,48)(H,42,49)(H,50,51)(H,56,57)(H,58,59)(H2,40,43,52)(H2,53,54,55)/t2*29-,32+,34+/m00/s1. The number of unbranched alkanes of at least 4 members (excludes halogenated alkanes) is 4. The van der Waals surface area contributed by atoms with Gasteiger partial charge in [0.2, 0.25) is 11.8 Å². The average molecular weight is 1980 g/mol. The molecule has 4 aliphatic heterocycles. The van der Waals surface area contributed by atoms with E-state index in [2.05, 4.69) is 81.2 Å². The van der Waals surface area contributed by atoms with Crippen LogP contribution in [0.25, 0.3) is 66.8 Å². The number of aromatic carboxylic acids is 2. The predicted molar refractivity (Wildman–Crippen MR) is 462 cm³/mol. The lowest BCUT2D eigenvalue weighted by Gasteiger charge is -2.19. The van der Waals surface area contributed by atoms with Gasteiger partial charge in [0.15, 0.2) is 10.9 Å². The van der Waals surface area contributed by atoms with Crippen LogP contribution in [0, 0.1) is 23.7 Å². The van der Waals surface area contributed by atoms with Crippen molar-refractivity contribution in [3.8, 4) is 80.1 Å². The van der Waals surface area contributed by atoms with Crippen molar-refractivity contribution in [1.82, 2.24) is 40.4 Å². The molecule has 6 aliphatic rings. The van der Waals surface area contributed by atoms with Crippen LogP contribution in [0.15, 0.2) is 150 Å². The number of phosphoric ester groups is 2. The van der Waals surface area contributed by atoms with Gasteiger partial charge in [-0.15, -0.1) is 0 Å². The van der Waals surface area contributed by atoms with Crippen LogP contribution in [0.5, 0.6) is 11.5 Å². The number of carboxylic acids is 2. The number of anilines is 2. The van der Waals surface area contributed by atoms with Gasteiger partial charge in [-0.25, -0.2) is 46.6 Å². The zero-order chi connectivity index (χ0) is 97.7. The van der Waals surface area contributed by atoms with Crippen molar-refractivity contribution in [2.75, 3.05) is 50.9 Å². The second-order valence-corrected chi connectivity index (χ2v) is 38.0. The van der Waals surface area contributed by atoms with Crippen LogP contribution in [0.2, 0.25) is 0 Å². The van der Waals surface area contributed by atoms with Gasteiger partial charge >= 0.3 is 70.3 Å². The van der Waals surface area contributed by atoms with Gasteiger partial charge in [0.05, 0.1) is 60.8 Å². The molecule has 0 spiro atoms. The number of nitrogens with zero attached hydrogens (tertiary/aromatic N) is 4. The molecule has 12 rings (SSSR count). The molecular formula is C78H80N10O40P6. The van der Waals surface area contributed by atoms with E-state index in [0.29, 0.717) is 71.6 Å². The van der Waals surface area contributed by atoms with Crippen molar-refractivity contribution in [3.05, 3.63) is 196 Å². The third-order valence-corrected chi connectivity index (χ3v) is 27.1. The fourth-order valence-corrected chi connectivity index (χ4v) is 19.6. The van der Waals surface area contributed by atoms with Crippen molar-refractivity contribution in [2.24, 2.45) is 0 Å². The highest BCUT2D eigenvalue weighted by molar-refractivity contribution is 7.67. The summed E-state index contributed by atoms with van der Waals surface area (Å²) in [5, 5.41) is 72.9. The first-order chi connectivity index (χ1) is 63.0. The molecule has 2 aliphatic carbocycles. The molecule has 2 saturated heterocycles. The predicted octanol–water partition coefficient (Wildman–Crippen LogP) is 5.11. The number of phenolic OH excluding ortho intramolecular Hbond substituents is 2. The number of carboxylic acid groups (broad SMARTS) is 2. The minimum absolute atomic E-state index is 0.0253. The summed E-state index contributed by atoms with van der Waals surface area (Å²) in [6.07, 6.45) is -3.33. The number of hydrogen-bond acceptors (Lipinski definition) is 34. The summed E-state index contributed by atoms with van der Waals surface area (Å²) in [5.41, 5.74) is 11.7. The van der Waals surface area contributed by atoms with E-state index in [4.69, 9.17) is 49.3 Å². The number of carbonyl (C=O) groups is 6. The molecule has 4 amide bonds. The summed E-state index contributed by atoms with van der Waals surface area (Å²) in [6.45, 7) is -1.77. The fraction of sp³-hybridized carbons (Fsp3) is 0.282. The van der Waals surface area contributed by atoms with Gasteiger partial charge in [0.1, 0.15) is 70.5 Å². The van der Waals surface area contributed by atoms with Crippen LogP contribution in [0.4, 0.5) is 11.6 Å². The number of aliphatic hydroxyl groups is 2. The Hall–Kier alpha value is -12.2. The van der Waals surface area contributed by atoms with E-state index in [1.54, 1.807) is 12.1 Å². The molecule has 0 radical (unpaired) electrons. The minimum Gasteiger partial charge on any atom is -0.508 e. The number of fused-ring (bicyclic) bond motifs is 4. The number of nitrogen functional groups attached to an aromatic ring is 2. The highest BCUT2D eigenvalue weighted by atomic mass is 31.3. The summed E-state index contributed by atoms with van der Waals surface area (Å²) in [7, 11) is -33.9. The smallest absolute Gasteiger partial charge is 0.490 e. The van der Waals surface area contributed by atoms with Crippen molar-refractivity contribution in [3.63, 3.8) is 0 Å². The monoisotopic (exact) mass is 1980 g/mol. The lowest BCUT2D eigenvalue weighted by atomic mass is 9.89. The Bertz CT molecular complexity index is 6870. The molecule has 2 aromatic heterocycles. The van der Waals surface area contributed by atoms with Crippen LogP contribution < -0.4 is 55.0 Å². The van der Waals surface area contributed by atoms with Gasteiger partial charge in [0, 0.05) is 120 Å². The number of nitrogens with one attached hydrogen (secondary N) is 4. The quantitative estimate of drug-likeness (QED) is 0.0105. The Balaban J connectivity index is 0.000000258. The lowest BCUT2D eigenvalue weighted by Crippen LogP contribution is -2.29. The molecule has 0 saturated carbocycles. The molecular weight excluding hydrogens is 1900 g/mol. The number of aromatic nitrogens is 4. The van der Waals surface area contributed by atoms with Crippen molar-refractivity contribution < 1.29 is 171 Å². The Labute approximate surface area is 752 Å². The summed E-state index contributed by atoms with van der Waals surface area (Å²) >= 11 is 0. The highest BCUT2D eigenvalue weighted by Crippen LogP contribution is 2.68. The van der Waals surface area contributed by atoms with Crippen LogP contribution in [-0.2, 0) is 72.7 Å². The molecule has 6 heterocycles. The van der Waals surface area contributed by atoms with Crippen molar-refractivity contribution >= 4 is 116 Å². The first-order valence-electron chi connectivity index (χ1n) is 39.2. The molecule has 134 heavy (non-hydrogen) atoms. The van der Waals surface area contributed by atoms with Gasteiger partial charge in [-0.1, -0.05) is 42.6 Å². The van der Waals surface area contributed by atoms with E-state index in [1.807, 2.05) is 0 Å². The van der Waals surface area contributed by atoms with Gasteiger partial charge in [-0.2, -0.15) is 27.2 Å². The third kappa shape index (κ3) is 28.0. The molecule has 56 heteroatoms. The summed E-state index contributed by atoms with van der Waals surface area (Å²) in [5.74, 6) is 5.96. The third-order valence-electron chi connectivity index (χ3n) is 19.5. The average Bonchev–Trinajstić information content (AvgIpc) is 1.09. The molecule has 50 nitrogen and oxygen atoms in total. The molecule has 712 valence electrons. The van der Waals surface area contributed by atoms with Gasteiger partial charge in [-0.05, 0) is 116 Å². The summed E-state index contributed by atoms with van der Waals surface area (Å²) < 4.78 is 117. The van der Waals surface area contributed by atoms with Crippen molar-refractivity contribution in [2.45, 2.75) is 101 Å². The Morgan fingerprint density at radius 2 is 0.866 bits per heavy atom. The Morgan fingerprint density at radius 3 is 1.28 bits per heavy atom. The number of nitrogens with two attached hydrogens (primary N) is 2. The molecule has 6 aromatic rings. The van der Waals surface area contributed by atoms with E-state index in [9.17, 15) is 126 Å². The normalized spacial score (nSPS) is 17.8. The molecule has 10 atom stereocenters. The maximum Gasteiger partial charge on any atom is 0.490 e. The number of amides is 4. The number of phosphoric acid groups is 6. The lowest BCUT2D eigenvalue weighted by molar-refractivity contribution is -0.121. The topological polar surface area (TPSA) is 792 Å². The number of carbonyl (C=O) groups excluding carboxylic acids is 4. The summed E-state index contributed by atoms with van der Waals surface area (Å²) in [4.78, 5) is 206. The van der Waals surface area contributed by atoms with Gasteiger partial charge < -0.3 is 121 Å². The maximum atomic E-state index is 13.3. The second kappa shape index (κ2) is 43.4. The molecule has 22 N–H and O–H groups in total. The van der Waals surface area contributed by atoms with Crippen LogP contribution in [0.1, 0.15) is 129 Å². The number of benzene rings is 6. The number of hydrogen-bond donors (Lipinski definition) is 20. The van der Waals surface area contributed by atoms with Crippen molar-refractivity contribution in [1.29, 1.82) is 0 Å². The van der Waals surface area contributed by atoms with Crippen LogP contribution >= 0.6 is 46.9 Å². The SMILES string of the molecule is Nc1nc(=O)n([C@H]2C[C@H](O)[C@@H](COP(=O)(O)OP(=O)(O)OP(=O)(O)O)O2)cc1C#CCNC(=O)CCCCCNC(=O)c1ccc(-c2c3ccc(=O)cc-3oc3cc(O)ccc23)c(C(=O)O)c1.Nc1nc(=O)n([C@H]2C[C@H](O)[C@@H](COP(=O)(O)OP(=O)(O)OP(=O)(O)O)O2)cc1C#CCNC(=O)CCCCCNC(=O)c1ccc(C(=O)O)c(-c2c3ccc(=O)cc-3oc3cc(O)ccc23)c1. The van der Waals surface area contributed by atoms with Crippen LogP contribution in [0.3, 0.4) is 0 Å². The van der Waals surface area contributed by atoms with E-state index in [1.165, 1.54) is 97.1 Å². The Kier molecular flexibility index (Phi) is 33.2. The highest BCUT2D eigenvalue weighted by Gasteiger charge is 2.46. The van der Waals surface area contributed by atoms with E-state index in [0.717, 1.165) is 21.5 Å². The zero-order valence-corrected chi connectivity index (χ0v) is 74.2. The van der Waals surface area contributed by atoms with E-state index >= 15 is 0 Å². The van der Waals surface area contributed by atoms with Gasteiger partial charge in [0.25, 0.3) is 11.8 Å². The molecule has 4 aromatic carbocycles. The largest absolute Gasteiger partial charge is 0.508 e. The molecule has 0 bridgehead atoms. The molecule has 4 unspecified atom stereocenters. The Morgan fingerprint density at radius 1 is 0.463 bits per heavy atom. The van der Waals surface area contributed by atoms with Crippen LogP contribution in [-0.4, -0.2) is 188 Å². The zero-order valence-electron chi connectivity index (χ0n) is 68.8. The maximum absolute atomic E-state index is 13.3. The van der Waals surface area contributed by atoms with E-state index in [-0.39, 0.29) is 165 Å².